The zero-order valence-corrected chi connectivity index (χ0v) is 10.3. The molecule has 0 heterocycles. The standard InChI is InChI=1S/C13H8F2N2O4/c14-8-4-9(15)6-10(5-8)16-13(19)7-1-2-11(17(20)21)12(18)3-7/h1-6,18H,(H,16,19). The first kappa shape index (κ1) is 14.4. The van der Waals surface area contributed by atoms with Crippen LogP contribution in [-0.2, 0) is 0 Å². The number of phenols is 1. The third kappa shape index (κ3) is 3.30. The van der Waals surface area contributed by atoms with Gasteiger partial charge in [-0.1, -0.05) is 0 Å². The molecule has 2 aromatic rings. The predicted octanol–water partition coefficient (Wildman–Crippen LogP) is 2.83. The van der Waals surface area contributed by atoms with E-state index in [2.05, 4.69) is 5.32 Å². The Bertz CT molecular complexity index is 714. The Labute approximate surface area is 116 Å². The van der Waals surface area contributed by atoms with Crippen molar-refractivity contribution < 1.29 is 23.6 Å². The fraction of sp³-hybridized carbons (Fsp3) is 0. The summed E-state index contributed by atoms with van der Waals surface area (Å²) in [4.78, 5) is 21.6. The van der Waals surface area contributed by atoms with Gasteiger partial charge in [0.2, 0.25) is 0 Å². The molecule has 0 bridgehead atoms. The van der Waals surface area contributed by atoms with Gasteiger partial charge < -0.3 is 10.4 Å². The number of hydrogen-bond acceptors (Lipinski definition) is 4. The first-order valence-electron chi connectivity index (χ1n) is 5.61. The smallest absolute Gasteiger partial charge is 0.310 e. The van der Waals surface area contributed by atoms with Crippen molar-refractivity contribution >= 4 is 17.3 Å². The number of nitrogens with one attached hydrogen (secondary N) is 1. The third-order valence-corrected chi connectivity index (χ3v) is 2.55. The molecule has 0 radical (unpaired) electrons. The van der Waals surface area contributed by atoms with Crippen LogP contribution in [0.3, 0.4) is 0 Å². The molecule has 0 aliphatic carbocycles. The van der Waals surface area contributed by atoms with Gasteiger partial charge in [0.1, 0.15) is 11.6 Å². The van der Waals surface area contributed by atoms with Crippen molar-refractivity contribution in [1.29, 1.82) is 0 Å². The number of carbonyl (C=O) groups excluding carboxylic acids is 1. The third-order valence-electron chi connectivity index (χ3n) is 2.55. The Hall–Kier alpha value is -3.03. The normalized spacial score (nSPS) is 10.2. The maximum atomic E-state index is 13.0. The zero-order valence-electron chi connectivity index (χ0n) is 10.3. The number of phenolic OH excluding ortho intramolecular Hbond substituents is 1. The molecule has 8 heteroatoms. The van der Waals surface area contributed by atoms with Crippen LogP contribution < -0.4 is 5.32 Å². The maximum absolute atomic E-state index is 13.0. The number of anilines is 1. The van der Waals surface area contributed by atoms with E-state index in [1.165, 1.54) is 0 Å². The quantitative estimate of drug-likeness (QED) is 0.672. The summed E-state index contributed by atoms with van der Waals surface area (Å²) in [6, 6.07) is 5.42. The SMILES string of the molecule is O=C(Nc1cc(F)cc(F)c1)c1ccc([N+](=O)[O-])c(O)c1. The van der Waals surface area contributed by atoms with E-state index in [9.17, 15) is 28.8 Å². The molecule has 0 aliphatic heterocycles. The summed E-state index contributed by atoms with van der Waals surface area (Å²) in [5, 5.41) is 22.2. The molecule has 0 spiro atoms. The highest BCUT2D eigenvalue weighted by Crippen LogP contribution is 2.26. The van der Waals surface area contributed by atoms with Crippen LogP contribution >= 0.6 is 0 Å². The van der Waals surface area contributed by atoms with Crippen LogP contribution in [0.25, 0.3) is 0 Å². The highest BCUT2D eigenvalue weighted by atomic mass is 19.1. The number of hydrogen-bond donors (Lipinski definition) is 2. The highest BCUT2D eigenvalue weighted by Gasteiger charge is 2.16. The number of amides is 1. The molecular formula is C13H8F2N2O4. The molecule has 0 fully saturated rings. The summed E-state index contributed by atoms with van der Waals surface area (Å²) in [5.41, 5.74) is -0.763. The van der Waals surface area contributed by atoms with Crippen LogP contribution in [0.2, 0.25) is 0 Å². The summed E-state index contributed by atoms with van der Waals surface area (Å²) in [5.74, 6) is -3.18. The van der Waals surface area contributed by atoms with Gasteiger partial charge in [-0.05, 0) is 24.3 Å². The maximum Gasteiger partial charge on any atom is 0.310 e. The van der Waals surface area contributed by atoms with Gasteiger partial charge >= 0.3 is 5.69 Å². The molecule has 108 valence electrons. The Balaban J connectivity index is 2.24. The second-order valence-electron chi connectivity index (χ2n) is 4.07. The lowest BCUT2D eigenvalue weighted by Gasteiger charge is -2.06. The molecule has 2 aromatic carbocycles. The van der Waals surface area contributed by atoms with Gasteiger partial charge in [-0.2, -0.15) is 0 Å². The van der Waals surface area contributed by atoms with Crippen LogP contribution in [0, 0.1) is 21.7 Å². The van der Waals surface area contributed by atoms with Crippen molar-refractivity contribution in [2.45, 2.75) is 0 Å². The number of carbonyl (C=O) groups is 1. The number of nitrogens with zero attached hydrogens (tertiary/aromatic N) is 1. The van der Waals surface area contributed by atoms with Crippen molar-refractivity contribution in [2.75, 3.05) is 5.32 Å². The minimum atomic E-state index is -0.864. The Kier molecular flexibility index (Phi) is 3.79. The number of nitro groups is 1. The number of nitro benzene ring substituents is 1. The fourth-order valence-electron chi connectivity index (χ4n) is 1.65. The summed E-state index contributed by atoms with van der Waals surface area (Å²) in [7, 11) is 0. The minimum Gasteiger partial charge on any atom is -0.502 e. The summed E-state index contributed by atoms with van der Waals surface area (Å²) in [6.07, 6.45) is 0. The first-order valence-corrected chi connectivity index (χ1v) is 5.61. The second-order valence-corrected chi connectivity index (χ2v) is 4.07. The molecule has 0 aromatic heterocycles. The number of benzene rings is 2. The van der Waals surface area contributed by atoms with E-state index in [-0.39, 0.29) is 11.3 Å². The van der Waals surface area contributed by atoms with Gasteiger partial charge in [0.05, 0.1) is 4.92 Å². The fourth-order valence-corrected chi connectivity index (χ4v) is 1.65. The second kappa shape index (κ2) is 5.53. The molecule has 0 atom stereocenters. The number of rotatable bonds is 3. The Morgan fingerprint density at radius 1 is 1.14 bits per heavy atom. The average Bonchev–Trinajstić information content (AvgIpc) is 2.36. The lowest BCUT2D eigenvalue weighted by molar-refractivity contribution is -0.385. The monoisotopic (exact) mass is 294 g/mol. The molecule has 2 N–H and O–H groups in total. The van der Waals surface area contributed by atoms with Gasteiger partial charge in [0, 0.05) is 23.4 Å². The molecular weight excluding hydrogens is 286 g/mol. The van der Waals surface area contributed by atoms with E-state index in [0.717, 1.165) is 30.3 Å². The van der Waals surface area contributed by atoms with E-state index in [1.54, 1.807) is 0 Å². The van der Waals surface area contributed by atoms with Crippen molar-refractivity contribution in [3.05, 3.63) is 63.7 Å². The Morgan fingerprint density at radius 2 is 1.76 bits per heavy atom. The molecule has 0 saturated carbocycles. The van der Waals surface area contributed by atoms with Gasteiger partial charge in [0.25, 0.3) is 5.91 Å². The lowest BCUT2D eigenvalue weighted by Crippen LogP contribution is -2.12. The van der Waals surface area contributed by atoms with Crippen molar-refractivity contribution in [3.8, 4) is 5.75 Å². The van der Waals surface area contributed by atoms with Crippen LogP contribution in [0.5, 0.6) is 5.75 Å². The van der Waals surface area contributed by atoms with Crippen LogP contribution in [0.1, 0.15) is 10.4 Å². The number of halogens is 2. The van der Waals surface area contributed by atoms with E-state index < -0.39 is 33.9 Å². The van der Waals surface area contributed by atoms with E-state index in [4.69, 9.17) is 0 Å². The van der Waals surface area contributed by atoms with Crippen LogP contribution in [0.4, 0.5) is 20.2 Å². The molecule has 6 nitrogen and oxygen atoms in total. The van der Waals surface area contributed by atoms with Crippen LogP contribution in [0.15, 0.2) is 36.4 Å². The van der Waals surface area contributed by atoms with Gasteiger partial charge in [-0.25, -0.2) is 8.78 Å². The van der Waals surface area contributed by atoms with E-state index in [1.807, 2.05) is 0 Å². The molecule has 21 heavy (non-hydrogen) atoms. The summed E-state index contributed by atoms with van der Waals surface area (Å²) in [6.45, 7) is 0. The summed E-state index contributed by atoms with van der Waals surface area (Å²) < 4.78 is 26.0. The molecule has 0 unspecified atom stereocenters. The van der Waals surface area contributed by atoms with Crippen molar-refractivity contribution in [3.63, 3.8) is 0 Å². The minimum absolute atomic E-state index is 0.0947. The van der Waals surface area contributed by atoms with Crippen LogP contribution in [-0.4, -0.2) is 15.9 Å². The molecule has 2 rings (SSSR count). The summed E-state index contributed by atoms with van der Waals surface area (Å²) >= 11 is 0. The molecule has 0 aliphatic rings. The Morgan fingerprint density at radius 3 is 2.29 bits per heavy atom. The molecule has 1 amide bonds. The van der Waals surface area contributed by atoms with E-state index >= 15 is 0 Å². The van der Waals surface area contributed by atoms with Crippen molar-refractivity contribution in [1.82, 2.24) is 0 Å². The topological polar surface area (TPSA) is 92.5 Å². The van der Waals surface area contributed by atoms with Crippen molar-refractivity contribution in [2.24, 2.45) is 0 Å². The largest absolute Gasteiger partial charge is 0.502 e. The van der Waals surface area contributed by atoms with Gasteiger partial charge in [-0.15, -0.1) is 0 Å². The van der Waals surface area contributed by atoms with E-state index in [0.29, 0.717) is 6.07 Å². The average molecular weight is 294 g/mol. The van der Waals surface area contributed by atoms with Gasteiger partial charge in [0.15, 0.2) is 5.75 Å². The highest BCUT2D eigenvalue weighted by molar-refractivity contribution is 6.04. The number of aromatic hydroxyl groups is 1. The lowest BCUT2D eigenvalue weighted by atomic mass is 10.1. The zero-order chi connectivity index (χ0) is 15.6. The molecule has 0 saturated heterocycles. The van der Waals surface area contributed by atoms with Gasteiger partial charge in [-0.3, -0.25) is 14.9 Å². The predicted molar refractivity (Wildman–Crippen MR) is 69.1 cm³/mol. The first-order chi connectivity index (χ1) is 9.86.